The van der Waals surface area contributed by atoms with Crippen LogP contribution in [0.25, 0.3) is 110 Å². The summed E-state index contributed by atoms with van der Waals surface area (Å²) in [6, 6.07) is 90.3. The van der Waals surface area contributed by atoms with Crippen LogP contribution in [-0.4, -0.2) is 0 Å². The summed E-state index contributed by atoms with van der Waals surface area (Å²) in [6.07, 6.45) is 0. The van der Waals surface area contributed by atoms with Crippen molar-refractivity contribution in [3.63, 3.8) is 0 Å². The average Bonchev–Trinajstić information content (AvgIpc) is 3.76. The minimum atomic E-state index is 0.866. The molecule has 308 valence electrons. The highest BCUT2D eigenvalue weighted by Gasteiger charge is 2.18. The Bertz CT molecular complexity index is 3990. The maximum atomic E-state index is 6.45. The quantitative estimate of drug-likeness (QED) is 0.159. The first-order chi connectivity index (χ1) is 32.7. The Kier molecular flexibility index (Phi) is 8.89. The zero-order chi connectivity index (χ0) is 43.6. The van der Waals surface area contributed by atoms with Crippen LogP contribution in [0.4, 0.5) is 17.1 Å². The van der Waals surface area contributed by atoms with Crippen molar-refractivity contribution in [2.75, 3.05) is 4.90 Å². The Morgan fingerprint density at radius 3 is 1.35 bits per heavy atom. The van der Waals surface area contributed by atoms with Gasteiger partial charge in [0.05, 0.1) is 0 Å². The van der Waals surface area contributed by atoms with E-state index in [0.29, 0.717) is 0 Å². The molecule has 0 radical (unpaired) electrons. The van der Waals surface area contributed by atoms with E-state index in [-0.39, 0.29) is 0 Å². The lowest BCUT2D eigenvalue weighted by molar-refractivity contribution is 0.669. The minimum absolute atomic E-state index is 0.866. The Labute approximate surface area is 382 Å². The molecule has 0 N–H and O–H groups in total. The number of furan rings is 1. The van der Waals surface area contributed by atoms with Crippen LogP contribution < -0.4 is 4.90 Å². The van der Waals surface area contributed by atoms with Crippen LogP contribution in [0.2, 0.25) is 0 Å². The summed E-state index contributed by atoms with van der Waals surface area (Å²) in [6.45, 7) is 0. The van der Waals surface area contributed by atoms with E-state index in [4.69, 9.17) is 4.42 Å². The molecule has 0 atom stereocenters. The van der Waals surface area contributed by atoms with E-state index in [9.17, 15) is 0 Å². The standard InChI is InChI=1S/C64H41NO/c1-2-11-43(12-3-1)58-17-8-14-45-15-9-18-59(64(45)58)44-28-31-55(32-29-44)65(57-34-35-61-60-16-6-7-19-62(60)66-63(61)41-57)56-33-30-53-39-52(26-27-54(53)40-56)51-25-24-49-37-48(22-23-50(49)38-51)47-21-20-42-10-4-5-13-46(42)36-47/h1-41H. The normalized spacial score (nSPS) is 11.6. The van der Waals surface area contributed by atoms with Crippen LogP contribution in [0.15, 0.2) is 253 Å². The molecule has 1 heterocycles. The largest absolute Gasteiger partial charge is 0.456 e. The number of para-hydroxylation sites is 1. The summed E-state index contributed by atoms with van der Waals surface area (Å²) in [7, 11) is 0. The second kappa shape index (κ2) is 15.5. The SMILES string of the molecule is c1ccc(-c2cccc3cccc(-c4ccc(N(c5ccc6cc(-c7ccc8cc(-c9ccc%10ccccc%10c9)ccc8c7)ccc6c5)c5ccc6c(c5)oc5ccccc56)cc4)c23)cc1. The average molecular weight is 840 g/mol. The Hall–Kier alpha value is -8.72. The molecule has 66 heavy (non-hydrogen) atoms. The molecular weight excluding hydrogens is 799 g/mol. The summed E-state index contributed by atoms with van der Waals surface area (Å²) in [5.74, 6) is 0. The summed E-state index contributed by atoms with van der Waals surface area (Å²) >= 11 is 0. The highest BCUT2D eigenvalue weighted by molar-refractivity contribution is 6.08. The van der Waals surface area contributed by atoms with Gasteiger partial charge >= 0.3 is 0 Å². The van der Waals surface area contributed by atoms with E-state index < -0.39 is 0 Å². The minimum Gasteiger partial charge on any atom is -0.456 e. The van der Waals surface area contributed by atoms with Crippen molar-refractivity contribution >= 4 is 82.1 Å². The van der Waals surface area contributed by atoms with Gasteiger partial charge in [-0.1, -0.05) is 176 Å². The molecule has 2 heteroatoms. The Morgan fingerprint density at radius 2 is 0.682 bits per heavy atom. The molecule has 0 amide bonds. The molecule has 2 nitrogen and oxygen atoms in total. The second-order valence-corrected chi connectivity index (χ2v) is 17.3. The molecule has 0 saturated carbocycles. The predicted molar refractivity (Wildman–Crippen MR) is 280 cm³/mol. The molecule has 0 unspecified atom stereocenters. The van der Waals surface area contributed by atoms with Crippen molar-refractivity contribution in [2.45, 2.75) is 0 Å². The van der Waals surface area contributed by atoms with E-state index in [1.54, 1.807) is 0 Å². The number of benzene rings is 12. The number of hydrogen-bond donors (Lipinski definition) is 0. The van der Waals surface area contributed by atoms with Crippen LogP contribution in [0.5, 0.6) is 0 Å². The first-order valence-corrected chi connectivity index (χ1v) is 22.6. The zero-order valence-corrected chi connectivity index (χ0v) is 36.0. The fraction of sp³-hybridized carbons (Fsp3) is 0. The molecule has 13 aromatic rings. The number of hydrogen-bond acceptors (Lipinski definition) is 2. The van der Waals surface area contributed by atoms with Crippen molar-refractivity contribution in [3.8, 4) is 44.5 Å². The van der Waals surface area contributed by atoms with Gasteiger partial charge in [0.25, 0.3) is 0 Å². The van der Waals surface area contributed by atoms with Gasteiger partial charge in [-0.3, -0.25) is 0 Å². The monoisotopic (exact) mass is 839 g/mol. The van der Waals surface area contributed by atoms with Crippen LogP contribution in [0.3, 0.4) is 0 Å². The van der Waals surface area contributed by atoms with Gasteiger partial charge < -0.3 is 9.32 Å². The lowest BCUT2D eigenvalue weighted by Gasteiger charge is -2.26. The third-order valence-electron chi connectivity index (χ3n) is 13.4. The summed E-state index contributed by atoms with van der Waals surface area (Å²) < 4.78 is 6.45. The molecule has 1 aromatic heterocycles. The van der Waals surface area contributed by atoms with Gasteiger partial charge in [-0.2, -0.15) is 0 Å². The Morgan fingerprint density at radius 1 is 0.242 bits per heavy atom. The zero-order valence-electron chi connectivity index (χ0n) is 36.0. The van der Waals surface area contributed by atoms with Crippen molar-refractivity contribution in [3.05, 3.63) is 249 Å². The molecule has 0 aliphatic rings. The van der Waals surface area contributed by atoms with Gasteiger partial charge in [0, 0.05) is 33.9 Å². The number of rotatable bonds is 7. The van der Waals surface area contributed by atoms with Crippen molar-refractivity contribution in [1.82, 2.24) is 0 Å². The summed E-state index contributed by atoms with van der Waals surface area (Å²) in [5.41, 5.74) is 14.6. The lowest BCUT2D eigenvalue weighted by atomic mass is 9.91. The first-order valence-electron chi connectivity index (χ1n) is 22.6. The van der Waals surface area contributed by atoms with Crippen LogP contribution in [0, 0.1) is 0 Å². The maximum absolute atomic E-state index is 6.45. The van der Waals surface area contributed by atoms with E-state index in [0.717, 1.165) is 39.0 Å². The van der Waals surface area contributed by atoms with Crippen LogP contribution >= 0.6 is 0 Å². The Balaban J connectivity index is 0.870. The topological polar surface area (TPSA) is 16.4 Å². The molecule has 0 spiro atoms. The highest BCUT2D eigenvalue weighted by atomic mass is 16.3. The van der Waals surface area contributed by atoms with Gasteiger partial charge in [-0.25, -0.2) is 0 Å². The third-order valence-corrected chi connectivity index (χ3v) is 13.4. The van der Waals surface area contributed by atoms with E-state index in [1.165, 1.54) is 87.6 Å². The van der Waals surface area contributed by atoms with Gasteiger partial charge in [0.1, 0.15) is 11.2 Å². The third kappa shape index (κ3) is 6.58. The maximum Gasteiger partial charge on any atom is 0.137 e. The molecule has 0 fully saturated rings. The predicted octanol–water partition coefficient (Wildman–Crippen LogP) is 18.3. The summed E-state index contributed by atoms with van der Waals surface area (Å²) in [4.78, 5) is 2.35. The first kappa shape index (κ1) is 37.8. The molecule has 0 saturated heterocycles. The molecular formula is C64H41NO. The number of nitrogens with zero attached hydrogens (tertiary/aromatic N) is 1. The number of anilines is 3. The van der Waals surface area contributed by atoms with E-state index >= 15 is 0 Å². The smallest absolute Gasteiger partial charge is 0.137 e. The van der Waals surface area contributed by atoms with Crippen LogP contribution in [0.1, 0.15) is 0 Å². The second-order valence-electron chi connectivity index (χ2n) is 17.3. The molecule has 0 aliphatic heterocycles. The van der Waals surface area contributed by atoms with Crippen molar-refractivity contribution < 1.29 is 4.42 Å². The molecule has 13 rings (SSSR count). The number of fused-ring (bicyclic) bond motifs is 7. The van der Waals surface area contributed by atoms with Crippen molar-refractivity contribution in [1.29, 1.82) is 0 Å². The summed E-state index contributed by atoms with van der Waals surface area (Å²) in [5, 5.41) is 12.1. The molecule has 0 aliphatic carbocycles. The molecule has 0 bridgehead atoms. The lowest BCUT2D eigenvalue weighted by Crippen LogP contribution is -2.09. The van der Waals surface area contributed by atoms with Crippen molar-refractivity contribution in [2.24, 2.45) is 0 Å². The fourth-order valence-electron chi connectivity index (χ4n) is 10.1. The van der Waals surface area contributed by atoms with Gasteiger partial charge in [-0.15, -0.1) is 0 Å². The van der Waals surface area contributed by atoms with Gasteiger partial charge in [0.2, 0.25) is 0 Å². The van der Waals surface area contributed by atoms with E-state index in [2.05, 4.69) is 241 Å². The van der Waals surface area contributed by atoms with Gasteiger partial charge in [-0.05, 0) is 154 Å². The molecule has 12 aromatic carbocycles. The van der Waals surface area contributed by atoms with Gasteiger partial charge in [0.15, 0.2) is 0 Å². The fourth-order valence-corrected chi connectivity index (χ4v) is 10.1. The van der Waals surface area contributed by atoms with Crippen LogP contribution in [-0.2, 0) is 0 Å². The highest BCUT2D eigenvalue weighted by Crippen LogP contribution is 2.42. The van der Waals surface area contributed by atoms with E-state index in [1.807, 2.05) is 12.1 Å².